The average molecular weight is 354 g/mol. The van der Waals surface area contributed by atoms with E-state index in [1.54, 1.807) is 7.11 Å². The summed E-state index contributed by atoms with van der Waals surface area (Å²) in [6.45, 7) is 10.7. The minimum atomic E-state index is -0.572. The Morgan fingerprint density at radius 3 is 2.46 bits per heavy atom. The molecule has 2 unspecified atom stereocenters. The van der Waals surface area contributed by atoms with Gasteiger partial charge in [-0.1, -0.05) is 18.2 Å². The Bertz CT molecular complexity index is 554. The first-order valence-electron chi connectivity index (χ1n) is 8.44. The van der Waals surface area contributed by atoms with Gasteiger partial charge in [-0.05, 0) is 53.2 Å². The van der Waals surface area contributed by atoms with Crippen molar-refractivity contribution in [1.82, 2.24) is 0 Å². The summed E-state index contributed by atoms with van der Waals surface area (Å²) >= 11 is -0.407. The van der Waals surface area contributed by atoms with Crippen LogP contribution < -0.4 is 0 Å². The van der Waals surface area contributed by atoms with Crippen molar-refractivity contribution in [3.63, 3.8) is 0 Å². The van der Waals surface area contributed by atoms with Crippen molar-refractivity contribution in [2.75, 3.05) is 13.7 Å². The van der Waals surface area contributed by atoms with Crippen LogP contribution in [-0.2, 0) is 29.6 Å². The van der Waals surface area contributed by atoms with Crippen LogP contribution in [0.25, 0.3) is 0 Å². The molecule has 134 valence electrons. The van der Waals surface area contributed by atoms with Crippen LogP contribution in [0, 0.1) is 5.92 Å². The Morgan fingerprint density at radius 1 is 1.33 bits per heavy atom. The van der Waals surface area contributed by atoms with E-state index in [-0.39, 0.29) is 22.7 Å². The fourth-order valence-corrected chi connectivity index (χ4v) is 4.91. The number of hydrogen-bond donors (Lipinski definition) is 0. The van der Waals surface area contributed by atoms with Gasteiger partial charge in [0.2, 0.25) is 0 Å². The van der Waals surface area contributed by atoms with Crippen molar-refractivity contribution in [2.24, 2.45) is 5.92 Å². The van der Waals surface area contributed by atoms with Crippen LogP contribution in [0.15, 0.2) is 35.2 Å². The van der Waals surface area contributed by atoms with E-state index in [2.05, 4.69) is 32.9 Å². The quantitative estimate of drug-likeness (QED) is 0.553. The number of benzene rings is 1. The molecule has 4 atom stereocenters. The summed E-state index contributed by atoms with van der Waals surface area (Å²) in [4.78, 5) is 13.2. The van der Waals surface area contributed by atoms with Gasteiger partial charge in [-0.15, -0.1) is 0 Å². The lowest BCUT2D eigenvalue weighted by Crippen LogP contribution is -2.40. The molecule has 5 heteroatoms. The van der Waals surface area contributed by atoms with Crippen LogP contribution in [0.2, 0.25) is 0 Å². The first-order valence-corrected chi connectivity index (χ1v) is 9.59. The average Bonchev–Trinajstić information content (AvgIpc) is 3.28. The fourth-order valence-electron chi connectivity index (χ4n) is 2.95. The predicted molar refractivity (Wildman–Crippen MR) is 96.9 cm³/mol. The SMILES string of the molecule is CCOC(=O)[C@H]1C[C@]1(OC)C(C)O[S+](c1ccccc1)C(C)(C)C. The second-order valence-corrected chi connectivity index (χ2v) is 9.53. The molecule has 1 aliphatic carbocycles. The predicted octanol–water partition coefficient (Wildman–Crippen LogP) is 3.75. The molecule has 0 saturated heterocycles. The summed E-state index contributed by atoms with van der Waals surface area (Å²) in [5.74, 6) is -0.427. The smallest absolute Gasteiger partial charge is 0.312 e. The number of carbonyl (C=O) groups excluding carboxylic acids is 1. The van der Waals surface area contributed by atoms with Crippen molar-refractivity contribution in [2.45, 2.75) is 62.4 Å². The minimum Gasteiger partial charge on any atom is -0.466 e. The Hall–Kier alpha value is -1.04. The lowest BCUT2D eigenvalue weighted by molar-refractivity contribution is -0.148. The number of rotatable bonds is 7. The van der Waals surface area contributed by atoms with Gasteiger partial charge in [0, 0.05) is 7.11 Å². The van der Waals surface area contributed by atoms with Crippen molar-refractivity contribution in [1.29, 1.82) is 0 Å². The molecule has 2 rings (SSSR count). The van der Waals surface area contributed by atoms with E-state index in [0.717, 1.165) is 4.90 Å². The van der Waals surface area contributed by atoms with Gasteiger partial charge in [0.15, 0.2) is 20.8 Å². The van der Waals surface area contributed by atoms with Gasteiger partial charge in [0.05, 0.1) is 12.5 Å². The first kappa shape index (κ1) is 19.3. The third-order valence-electron chi connectivity index (χ3n) is 4.35. The molecule has 0 aliphatic heterocycles. The van der Waals surface area contributed by atoms with E-state index in [1.807, 2.05) is 32.0 Å². The van der Waals surface area contributed by atoms with Gasteiger partial charge < -0.3 is 9.47 Å². The van der Waals surface area contributed by atoms with Crippen molar-refractivity contribution in [3.8, 4) is 0 Å². The summed E-state index contributed by atoms with van der Waals surface area (Å²) < 4.78 is 17.3. The monoisotopic (exact) mass is 353 g/mol. The number of hydrogen-bond acceptors (Lipinski definition) is 4. The Labute approximate surface area is 148 Å². The van der Waals surface area contributed by atoms with E-state index in [0.29, 0.717) is 13.0 Å². The van der Waals surface area contributed by atoms with Gasteiger partial charge in [-0.2, -0.15) is 4.18 Å². The zero-order chi connectivity index (χ0) is 18.0. The van der Waals surface area contributed by atoms with Crippen LogP contribution in [0.5, 0.6) is 0 Å². The molecular formula is C19H29O4S+. The highest BCUT2D eigenvalue weighted by Crippen LogP contribution is 2.52. The molecule has 1 aromatic carbocycles. The molecule has 0 radical (unpaired) electrons. The van der Waals surface area contributed by atoms with E-state index in [9.17, 15) is 4.79 Å². The van der Waals surface area contributed by atoms with Crippen LogP contribution >= 0.6 is 0 Å². The summed E-state index contributed by atoms with van der Waals surface area (Å²) in [5, 5.41) is 0. The molecule has 4 nitrogen and oxygen atoms in total. The highest BCUT2D eigenvalue weighted by atomic mass is 32.2. The highest BCUT2D eigenvalue weighted by molar-refractivity contribution is 7.93. The second-order valence-electron chi connectivity index (χ2n) is 7.10. The van der Waals surface area contributed by atoms with Gasteiger partial charge >= 0.3 is 5.97 Å². The van der Waals surface area contributed by atoms with Gasteiger partial charge in [0.1, 0.15) is 11.7 Å². The number of methoxy groups -OCH3 is 1. The van der Waals surface area contributed by atoms with E-state index in [4.69, 9.17) is 13.7 Å². The standard InChI is InChI=1S/C19H29O4S/c1-7-22-17(20)16-13-19(16,21-6)14(2)23-24(18(3,4)5)15-11-9-8-10-12-15/h8-12,14,16H,7,13H2,1-6H3/q+1/t14?,16-,19+,24?/m1/s1. The lowest BCUT2D eigenvalue weighted by Gasteiger charge is -2.26. The maximum absolute atomic E-state index is 12.1. The van der Waals surface area contributed by atoms with Crippen molar-refractivity contribution < 1.29 is 18.5 Å². The second kappa shape index (κ2) is 7.46. The molecule has 24 heavy (non-hydrogen) atoms. The highest BCUT2D eigenvalue weighted by Gasteiger charge is 2.66. The normalized spacial score (nSPS) is 25.8. The molecule has 0 bridgehead atoms. The molecule has 1 aliphatic rings. The molecule has 0 N–H and O–H groups in total. The summed E-state index contributed by atoms with van der Waals surface area (Å²) in [5.41, 5.74) is -0.572. The molecule has 0 heterocycles. The fraction of sp³-hybridized carbons (Fsp3) is 0.632. The molecular weight excluding hydrogens is 324 g/mol. The number of carbonyl (C=O) groups is 1. The molecule has 1 fully saturated rings. The molecule has 0 spiro atoms. The number of esters is 1. The van der Waals surface area contributed by atoms with Crippen LogP contribution in [0.3, 0.4) is 0 Å². The number of ether oxygens (including phenoxy) is 2. The minimum absolute atomic E-state index is 0.0428. The third kappa shape index (κ3) is 3.95. The van der Waals surface area contributed by atoms with Gasteiger partial charge in [-0.25, -0.2) is 0 Å². The Balaban J connectivity index is 2.16. The van der Waals surface area contributed by atoms with Gasteiger partial charge in [0.25, 0.3) is 0 Å². The molecule has 1 aromatic rings. The lowest BCUT2D eigenvalue weighted by atomic mass is 10.1. The van der Waals surface area contributed by atoms with Crippen LogP contribution in [0.4, 0.5) is 0 Å². The van der Waals surface area contributed by atoms with E-state index in [1.165, 1.54) is 0 Å². The van der Waals surface area contributed by atoms with Crippen LogP contribution in [0.1, 0.15) is 41.0 Å². The molecule has 0 amide bonds. The molecule has 1 saturated carbocycles. The van der Waals surface area contributed by atoms with Gasteiger partial charge in [-0.3, -0.25) is 4.79 Å². The van der Waals surface area contributed by atoms with Crippen LogP contribution in [-0.4, -0.2) is 36.1 Å². The van der Waals surface area contributed by atoms with Crippen molar-refractivity contribution in [3.05, 3.63) is 30.3 Å². The first-order chi connectivity index (χ1) is 11.3. The zero-order valence-electron chi connectivity index (χ0n) is 15.5. The third-order valence-corrected chi connectivity index (χ3v) is 6.64. The maximum Gasteiger partial charge on any atom is 0.312 e. The maximum atomic E-state index is 12.1. The summed E-state index contributed by atoms with van der Waals surface area (Å²) in [6.07, 6.45) is 0.458. The summed E-state index contributed by atoms with van der Waals surface area (Å²) in [6, 6.07) is 10.2. The topological polar surface area (TPSA) is 44.8 Å². The van der Waals surface area contributed by atoms with Crippen molar-refractivity contribution >= 4 is 17.1 Å². The zero-order valence-corrected chi connectivity index (χ0v) is 16.3. The van der Waals surface area contributed by atoms with E-state index < -0.39 is 16.8 Å². The Morgan fingerprint density at radius 2 is 1.96 bits per heavy atom. The summed E-state index contributed by atoms with van der Waals surface area (Å²) in [7, 11) is 1.65. The largest absolute Gasteiger partial charge is 0.466 e. The molecule has 0 aromatic heterocycles. The Kier molecular flexibility index (Phi) is 6.00. The van der Waals surface area contributed by atoms with E-state index >= 15 is 0 Å².